The molecule has 0 amide bonds. The molecule has 0 aliphatic heterocycles. The molecule has 178 valence electrons. The van der Waals surface area contributed by atoms with Gasteiger partial charge in [-0.05, 0) is 48.5 Å². The van der Waals surface area contributed by atoms with Gasteiger partial charge in [-0.2, -0.15) is 0 Å². The number of aromatic nitrogens is 5. The highest BCUT2D eigenvalue weighted by Crippen LogP contribution is 2.41. The van der Waals surface area contributed by atoms with Crippen molar-refractivity contribution in [3.8, 4) is 0 Å². The van der Waals surface area contributed by atoms with Crippen molar-refractivity contribution in [3.05, 3.63) is 109 Å². The molecule has 0 spiro atoms. The van der Waals surface area contributed by atoms with Gasteiger partial charge in [-0.3, -0.25) is 0 Å². The summed E-state index contributed by atoms with van der Waals surface area (Å²) in [6.07, 6.45) is 0. The quantitative estimate of drug-likeness (QED) is 0.264. The Hall–Kier alpha value is -5.36. The third kappa shape index (κ3) is 2.56. The van der Waals surface area contributed by atoms with Crippen molar-refractivity contribution < 1.29 is 0 Å². The van der Waals surface area contributed by atoms with E-state index in [1.807, 2.05) is 48.5 Å². The second-order valence-corrected chi connectivity index (χ2v) is 9.75. The summed E-state index contributed by atoms with van der Waals surface area (Å²) < 4.78 is 2.39. The molecule has 0 fully saturated rings. The Bertz CT molecular complexity index is 2180. The van der Waals surface area contributed by atoms with Gasteiger partial charge in [0.15, 0.2) is 0 Å². The maximum atomic E-state index is 4.94. The summed E-state index contributed by atoms with van der Waals surface area (Å²) in [5, 5.41) is 5.00. The Balaban J connectivity index is 1.34. The van der Waals surface area contributed by atoms with Crippen LogP contribution in [0.4, 0.5) is 17.6 Å². The molecule has 0 bridgehead atoms. The zero-order valence-electron chi connectivity index (χ0n) is 20.2. The lowest BCUT2D eigenvalue weighted by molar-refractivity contribution is 1.09. The molecule has 0 aliphatic carbocycles. The topological polar surface area (TPSA) is 65.0 Å². The number of aromatic amines is 2. The van der Waals surface area contributed by atoms with E-state index < -0.39 is 0 Å². The van der Waals surface area contributed by atoms with E-state index in [9.17, 15) is 0 Å². The minimum atomic E-state index is 0.714. The first-order valence-electron chi connectivity index (χ1n) is 12.7. The third-order valence-corrected chi connectivity index (χ3v) is 7.64. The molecule has 6 nitrogen and oxygen atoms in total. The van der Waals surface area contributed by atoms with E-state index in [2.05, 4.69) is 79.9 Å². The van der Waals surface area contributed by atoms with Gasteiger partial charge in [0.05, 0.1) is 44.3 Å². The molecule has 0 radical (unpaired) electrons. The van der Waals surface area contributed by atoms with Gasteiger partial charge in [0.2, 0.25) is 11.9 Å². The van der Waals surface area contributed by atoms with Crippen LogP contribution in [0.15, 0.2) is 109 Å². The predicted molar refractivity (Wildman–Crippen MR) is 155 cm³/mol. The van der Waals surface area contributed by atoms with Crippen molar-refractivity contribution in [1.82, 2.24) is 24.3 Å². The van der Waals surface area contributed by atoms with Gasteiger partial charge in [0.25, 0.3) is 0 Å². The molecule has 0 unspecified atom stereocenters. The standard InChI is InChI=1S/C32H20N6/c1-6-15-28-20(8-1)21-9-7-10-22-23-18-19(16-17-29(23)38(28)30(21)22)37(31-33-24-11-2-3-12-25(24)34-31)32-35-26-13-4-5-14-27(26)36-32/h1-18H,(H,33,34)(H,35,36). The fourth-order valence-corrected chi connectivity index (χ4v) is 6.00. The van der Waals surface area contributed by atoms with E-state index in [0.29, 0.717) is 11.9 Å². The number of rotatable bonds is 3. The van der Waals surface area contributed by atoms with Crippen molar-refractivity contribution in [2.75, 3.05) is 4.90 Å². The summed E-state index contributed by atoms with van der Waals surface area (Å²) in [6, 6.07) is 38.1. The van der Waals surface area contributed by atoms with E-state index in [0.717, 1.165) is 27.8 Å². The van der Waals surface area contributed by atoms with Crippen molar-refractivity contribution in [3.63, 3.8) is 0 Å². The van der Waals surface area contributed by atoms with Crippen LogP contribution >= 0.6 is 0 Å². The van der Waals surface area contributed by atoms with Crippen LogP contribution in [0.3, 0.4) is 0 Å². The number of benzene rings is 5. The van der Waals surface area contributed by atoms with E-state index in [1.165, 1.54) is 38.1 Å². The van der Waals surface area contributed by atoms with Crippen LogP contribution < -0.4 is 4.90 Å². The number of hydrogen-bond donors (Lipinski definition) is 2. The average molecular weight is 489 g/mol. The molecule has 0 saturated heterocycles. The zero-order chi connectivity index (χ0) is 24.8. The van der Waals surface area contributed by atoms with Crippen LogP contribution in [0.1, 0.15) is 0 Å². The Morgan fingerprint density at radius 2 is 1.11 bits per heavy atom. The first-order valence-corrected chi connectivity index (χ1v) is 12.7. The second kappa shape index (κ2) is 7.11. The summed E-state index contributed by atoms with van der Waals surface area (Å²) in [7, 11) is 0. The molecule has 9 aromatic rings. The lowest BCUT2D eigenvalue weighted by Gasteiger charge is -2.19. The SMILES string of the molecule is c1ccc2[nH]c(N(c3ccc4c(c3)c3cccc5c6ccccc6n4c53)c3nc4ccccc4[nH]3)nc2c1. The highest BCUT2D eigenvalue weighted by Gasteiger charge is 2.22. The van der Waals surface area contributed by atoms with Crippen molar-refractivity contribution in [1.29, 1.82) is 0 Å². The molecule has 38 heavy (non-hydrogen) atoms. The molecule has 4 heterocycles. The molecule has 4 aromatic heterocycles. The van der Waals surface area contributed by atoms with Crippen LogP contribution in [-0.2, 0) is 0 Å². The fourth-order valence-electron chi connectivity index (χ4n) is 6.00. The maximum absolute atomic E-state index is 4.94. The predicted octanol–water partition coefficient (Wildman–Crippen LogP) is 8.06. The Kier molecular flexibility index (Phi) is 3.70. The molecule has 5 aromatic carbocycles. The van der Waals surface area contributed by atoms with Crippen molar-refractivity contribution >= 4 is 77.7 Å². The molecule has 2 N–H and O–H groups in total. The fraction of sp³-hybridized carbons (Fsp3) is 0. The number of imidazole rings is 2. The van der Waals surface area contributed by atoms with Gasteiger partial charge in [0.1, 0.15) is 0 Å². The second-order valence-electron chi connectivity index (χ2n) is 9.75. The molecule has 0 aliphatic rings. The van der Waals surface area contributed by atoms with Crippen molar-refractivity contribution in [2.24, 2.45) is 0 Å². The van der Waals surface area contributed by atoms with Crippen LogP contribution in [0.25, 0.3) is 60.2 Å². The van der Waals surface area contributed by atoms with E-state index in [1.54, 1.807) is 0 Å². The first kappa shape index (κ1) is 19.8. The molecule has 0 atom stereocenters. The molecular weight excluding hydrogens is 468 g/mol. The summed E-state index contributed by atoms with van der Waals surface area (Å²) in [5.41, 5.74) is 8.46. The highest BCUT2D eigenvalue weighted by atomic mass is 15.3. The zero-order valence-corrected chi connectivity index (χ0v) is 20.2. The van der Waals surface area contributed by atoms with Crippen LogP contribution in [0.2, 0.25) is 0 Å². The maximum Gasteiger partial charge on any atom is 0.215 e. The number of nitrogens with zero attached hydrogens (tertiary/aromatic N) is 4. The summed E-state index contributed by atoms with van der Waals surface area (Å²) >= 11 is 0. The highest BCUT2D eigenvalue weighted by molar-refractivity contribution is 6.23. The summed E-state index contributed by atoms with van der Waals surface area (Å²) in [4.78, 5) is 19.0. The minimum Gasteiger partial charge on any atom is -0.323 e. The third-order valence-electron chi connectivity index (χ3n) is 7.64. The summed E-state index contributed by atoms with van der Waals surface area (Å²) in [5.74, 6) is 1.43. The number of hydrogen-bond acceptors (Lipinski definition) is 3. The first-order chi connectivity index (χ1) is 18.8. The minimum absolute atomic E-state index is 0.714. The van der Waals surface area contributed by atoms with Crippen LogP contribution in [-0.4, -0.2) is 24.3 Å². The van der Waals surface area contributed by atoms with Gasteiger partial charge in [-0.1, -0.05) is 60.7 Å². The number of H-pyrrole nitrogens is 2. The molecular formula is C32H20N6. The van der Waals surface area contributed by atoms with Gasteiger partial charge in [-0.25, -0.2) is 14.9 Å². The van der Waals surface area contributed by atoms with E-state index in [4.69, 9.17) is 9.97 Å². The molecule has 9 rings (SSSR count). The Morgan fingerprint density at radius 3 is 1.82 bits per heavy atom. The normalized spacial score (nSPS) is 12.2. The lowest BCUT2D eigenvalue weighted by Crippen LogP contribution is -2.13. The number of nitrogens with one attached hydrogen (secondary N) is 2. The molecule has 6 heteroatoms. The van der Waals surface area contributed by atoms with E-state index in [-0.39, 0.29) is 0 Å². The van der Waals surface area contributed by atoms with Crippen LogP contribution in [0, 0.1) is 0 Å². The van der Waals surface area contributed by atoms with Gasteiger partial charge in [0, 0.05) is 21.5 Å². The monoisotopic (exact) mass is 488 g/mol. The number of fused-ring (bicyclic) bond motifs is 8. The number of para-hydroxylation sites is 6. The molecule has 0 saturated carbocycles. The lowest BCUT2D eigenvalue weighted by atomic mass is 10.1. The van der Waals surface area contributed by atoms with Gasteiger partial charge >= 0.3 is 0 Å². The smallest absolute Gasteiger partial charge is 0.215 e. The Labute approximate surface area is 216 Å². The number of anilines is 3. The van der Waals surface area contributed by atoms with Gasteiger partial charge in [-0.15, -0.1) is 0 Å². The largest absolute Gasteiger partial charge is 0.323 e. The Morgan fingerprint density at radius 1 is 0.526 bits per heavy atom. The summed E-state index contributed by atoms with van der Waals surface area (Å²) in [6.45, 7) is 0. The van der Waals surface area contributed by atoms with Crippen molar-refractivity contribution in [2.45, 2.75) is 0 Å². The van der Waals surface area contributed by atoms with Gasteiger partial charge < -0.3 is 14.4 Å². The van der Waals surface area contributed by atoms with E-state index >= 15 is 0 Å². The average Bonchev–Trinajstić information content (AvgIpc) is 3.72. The van der Waals surface area contributed by atoms with Crippen LogP contribution in [0.5, 0.6) is 0 Å².